The molecule has 1 aromatic heterocycles. The number of aromatic nitrogens is 2. The van der Waals surface area contributed by atoms with Crippen LogP contribution in [-0.2, 0) is 10.2 Å². The summed E-state index contributed by atoms with van der Waals surface area (Å²) in [6.07, 6.45) is 3.75. The van der Waals surface area contributed by atoms with Crippen molar-refractivity contribution in [3.63, 3.8) is 0 Å². The van der Waals surface area contributed by atoms with Crippen LogP contribution in [0.25, 0.3) is 11.4 Å². The van der Waals surface area contributed by atoms with E-state index in [2.05, 4.69) is 34.5 Å². The Balaban J connectivity index is 1.69. The summed E-state index contributed by atoms with van der Waals surface area (Å²) >= 11 is 0. The number of aliphatic carboxylic acids is 1. The van der Waals surface area contributed by atoms with Crippen LogP contribution in [0.15, 0.2) is 53.1 Å². The van der Waals surface area contributed by atoms with Crippen LogP contribution in [0.3, 0.4) is 0 Å². The maximum atomic E-state index is 12.3. The summed E-state index contributed by atoms with van der Waals surface area (Å²) in [4.78, 5) is 27.5. The van der Waals surface area contributed by atoms with Gasteiger partial charge >= 0.3 is 5.97 Å². The van der Waals surface area contributed by atoms with E-state index in [0.717, 1.165) is 36.1 Å². The quantitative estimate of drug-likeness (QED) is 0.276. The molecule has 0 aliphatic rings. The Kier molecular flexibility index (Phi) is 8.79. The van der Waals surface area contributed by atoms with Crippen molar-refractivity contribution in [3.8, 4) is 11.4 Å². The van der Waals surface area contributed by atoms with Gasteiger partial charge in [-0.15, -0.1) is 0 Å². The number of hydrogen-bond donors (Lipinski definition) is 2. The fraction of sp³-hybridized carbons (Fsp3) is 0.429. The van der Waals surface area contributed by atoms with Crippen LogP contribution in [0.2, 0.25) is 0 Å². The summed E-state index contributed by atoms with van der Waals surface area (Å²) < 4.78 is 5.43. The molecule has 7 nitrogen and oxygen atoms in total. The predicted octanol–water partition coefficient (Wildman–Crippen LogP) is 6.82. The number of Topliss-reactive ketones (excluding diaryl/α,β-unsaturated/α-hetero) is 1. The number of unbranched alkanes of at least 4 members (excludes halogenated alkanes) is 1. The van der Waals surface area contributed by atoms with Gasteiger partial charge in [-0.05, 0) is 42.7 Å². The fourth-order valence-corrected chi connectivity index (χ4v) is 3.74. The Bertz CT molecular complexity index is 1110. The van der Waals surface area contributed by atoms with Crippen molar-refractivity contribution in [1.82, 2.24) is 10.1 Å². The molecule has 1 atom stereocenters. The molecule has 186 valence electrons. The lowest BCUT2D eigenvalue weighted by Gasteiger charge is -2.21. The van der Waals surface area contributed by atoms with Gasteiger partial charge in [-0.1, -0.05) is 70.0 Å². The fourth-order valence-electron chi connectivity index (χ4n) is 3.74. The lowest BCUT2D eigenvalue weighted by atomic mass is 9.97. The third-order valence-corrected chi connectivity index (χ3v) is 5.83. The Hall–Kier alpha value is -3.48. The Morgan fingerprint density at radius 1 is 1.00 bits per heavy atom. The molecule has 0 amide bonds. The van der Waals surface area contributed by atoms with E-state index in [9.17, 15) is 9.59 Å². The maximum absolute atomic E-state index is 12.3. The van der Waals surface area contributed by atoms with Gasteiger partial charge in [0.1, 0.15) is 0 Å². The van der Waals surface area contributed by atoms with Crippen molar-refractivity contribution in [2.24, 2.45) is 0 Å². The molecule has 2 N–H and O–H groups in total. The summed E-state index contributed by atoms with van der Waals surface area (Å²) in [6, 6.07) is 15.8. The van der Waals surface area contributed by atoms with E-state index in [1.54, 1.807) is 12.1 Å². The Morgan fingerprint density at radius 2 is 1.69 bits per heavy atom. The van der Waals surface area contributed by atoms with Crippen molar-refractivity contribution < 1.29 is 19.2 Å². The maximum Gasteiger partial charge on any atom is 0.303 e. The summed E-state index contributed by atoms with van der Waals surface area (Å²) in [6.45, 7) is 8.30. The first-order chi connectivity index (χ1) is 16.7. The van der Waals surface area contributed by atoms with E-state index in [0.29, 0.717) is 23.7 Å². The number of anilines is 1. The predicted molar refractivity (Wildman–Crippen MR) is 137 cm³/mol. The van der Waals surface area contributed by atoms with Gasteiger partial charge < -0.3 is 14.9 Å². The summed E-state index contributed by atoms with van der Waals surface area (Å²) in [5.74, 6) is 0.286. The molecule has 7 heteroatoms. The molecule has 2 aromatic carbocycles. The molecule has 0 fully saturated rings. The van der Waals surface area contributed by atoms with E-state index >= 15 is 0 Å². The summed E-state index contributed by atoms with van der Waals surface area (Å²) in [7, 11) is 0. The monoisotopic (exact) mass is 477 g/mol. The number of carbonyl (C=O) groups excluding carboxylic acids is 1. The largest absolute Gasteiger partial charge is 0.481 e. The van der Waals surface area contributed by atoms with Crippen molar-refractivity contribution in [2.45, 2.75) is 77.7 Å². The second kappa shape index (κ2) is 11.8. The molecule has 0 spiro atoms. The minimum Gasteiger partial charge on any atom is -0.481 e. The molecule has 0 saturated heterocycles. The standard InChI is InChI=1S/C28H35N3O4/c1-5-6-8-23(29-22-17-15-20(16-18-22)24(32)9-7-10-25(33)34)19-11-13-21(14-12-19)26-30-27(35-31-26)28(2,3)4/h11-18,23,29H,5-10H2,1-4H3,(H,33,34). The second-order valence-corrected chi connectivity index (χ2v) is 9.88. The minimum atomic E-state index is -0.879. The van der Waals surface area contributed by atoms with Crippen molar-refractivity contribution >= 4 is 17.4 Å². The number of rotatable bonds is 12. The molecule has 1 unspecified atom stereocenters. The number of carboxylic acids is 1. The number of benzene rings is 2. The number of ketones is 1. The average Bonchev–Trinajstić information content (AvgIpc) is 3.33. The van der Waals surface area contributed by atoms with Crippen LogP contribution in [0.1, 0.15) is 94.1 Å². The summed E-state index contributed by atoms with van der Waals surface area (Å²) in [5, 5.41) is 16.5. The third-order valence-electron chi connectivity index (χ3n) is 5.83. The van der Waals surface area contributed by atoms with Gasteiger partial charge in [0.05, 0.1) is 6.04 Å². The normalized spacial score (nSPS) is 12.3. The van der Waals surface area contributed by atoms with E-state index in [-0.39, 0.29) is 30.1 Å². The highest BCUT2D eigenvalue weighted by atomic mass is 16.5. The highest BCUT2D eigenvalue weighted by Crippen LogP contribution is 2.28. The van der Waals surface area contributed by atoms with Gasteiger partial charge in [-0.25, -0.2) is 0 Å². The van der Waals surface area contributed by atoms with Gasteiger partial charge in [0.15, 0.2) is 5.78 Å². The van der Waals surface area contributed by atoms with Crippen LogP contribution in [-0.4, -0.2) is 27.0 Å². The summed E-state index contributed by atoms with van der Waals surface area (Å²) in [5.41, 5.74) is 3.41. The first kappa shape index (κ1) is 26.1. The highest BCUT2D eigenvalue weighted by molar-refractivity contribution is 5.96. The van der Waals surface area contributed by atoms with Gasteiger partial charge in [-0.2, -0.15) is 4.98 Å². The zero-order valence-electron chi connectivity index (χ0n) is 21.0. The zero-order chi connectivity index (χ0) is 25.4. The minimum absolute atomic E-state index is 0.00769. The van der Waals surface area contributed by atoms with Crippen molar-refractivity contribution in [3.05, 3.63) is 65.5 Å². The van der Waals surface area contributed by atoms with Crippen LogP contribution in [0.5, 0.6) is 0 Å². The lowest BCUT2D eigenvalue weighted by Crippen LogP contribution is -2.11. The topological polar surface area (TPSA) is 105 Å². The average molecular weight is 478 g/mol. The second-order valence-electron chi connectivity index (χ2n) is 9.88. The first-order valence-electron chi connectivity index (χ1n) is 12.2. The van der Waals surface area contributed by atoms with E-state index < -0.39 is 5.97 Å². The molecule has 0 aliphatic heterocycles. The highest BCUT2D eigenvalue weighted by Gasteiger charge is 2.22. The van der Waals surface area contributed by atoms with Gasteiger partial charge in [0.2, 0.25) is 11.7 Å². The van der Waals surface area contributed by atoms with Gasteiger partial charge in [0, 0.05) is 35.1 Å². The third kappa shape index (κ3) is 7.50. The van der Waals surface area contributed by atoms with Crippen molar-refractivity contribution in [1.29, 1.82) is 0 Å². The molecule has 1 heterocycles. The first-order valence-corrected chi connectivity index (χ1v) is 12.2. The molecular weight excluding hydrogens is 442 g/mol. The van der Waals surface area contributed by atoms with Gasteiger partial charge in [0.25, 0.3) is 0 Å². The van der Waals surface area contributed by atoms with Gasteiger partial charge in [-0.3, -0.25) is 9.59 Å². The molecule has 3 rings (SSSR count). The number of nitrogens with one attached hydrogen (secondary N) is 1. The van der Waals surface area contributed by atoms with E-state index in [1.165, 1.54) is 0 Å². The molecule has 0 aliphatic carbocycles. The Labute approximate surface area is 207 Å². The SMILES string of the molecule is CCCCC(Nc1ccc(C(=O)CCCC(=O)O)cc1)c1ccc(-c2noc(C(C)(C)C)n2)cc1. The van der Waals surface area contributed by atoms with E-state index in [1.807, 2.05) is 45.0 Å². The number of carboxylic acid groups (broad SMARTS) is 1. The molecule has 0 saturated carbocycles. The van der Waals surface area contributed by atoms with Crippen LogP contribution in [0, 0.1) is 0 Å². The van der Waals surface area contributed by atoms with Crippen LogP contribution >= 0.6 is 0 Å². The van der Waals surface area contributed by atoms with Crippen LogP contribution < -0.4 is 5.32 Å². The molecular formula is C28H35N3O4. The molecule has 35 heavy (non-hydrogen) atoms. The van der Waals surface area contributed by atoms with E-state index in [4.69, 9.17) is 9.63 Å². The number of nitrogens with zero attached hydrogens (tertiary/aromatic N) is 2. The number of carbonyl (C=O) groups is 2. The van der Waals surface area contributed by atoms with Crippen LogP contribution in [0.4, 0.5) is 5.69 Å². The smallest absolute Gasteiger partial charge is 0.303 e. The molecule has 0 bridgehead atoms. The molecule has 0 radical (unpaired) electrons. The van der Waals surface area contributed by atoms with Crippen molar-refractivity contribution in [2.75, 3.05) is 5.32 Å². The number of hydrogen-bond acceptors (Lipinski definition) is 6. The Morgan fingerprint density at radius 3 is 2.26 bits per heavy atom. The lowest BCUT2D eigenvalue weighted by molar-refractivity contribution is -0.137. The molecule has 3 aromatic rings. The zero-order valence-corrected chi connectivity index (χ0v) is 21.0.